The maximum absolute atomic E-state index is 3.51. The van der Waals surface area contributed by atoms with Gasteiger partial charge in [-0.05, 0) is 50.9 Å². The van der Waals surface area contributed by atoms with Crippen LogP contribution in [0.5, 0.6) is 0 Å². The maximum atomic E-state index is 3.51. The first-order valence-corrected chi connectivity index (χ1v) is 7.22. The largest absolute Gasteiger partial charge is 0.316 e. The van der Waals surface area contributed by atoms with Gasteiger partial charge in [-0.2, -0.15) is 0 Å². The molecule has 1 atom stereocenters. The molecule has 18 heavy (non-hydrogen) atoms. The molecule has 1 aliphatic heterocycles. The molecule has 0 bridgehead atoms. The van der Waals surface area contributed by atoms with Gasteiger partial charge in [0.1, 0.15) is 0 Å². The topological polar surface area (TPSA) is 15.3 Å². The zero-order valence-electron chi connectivity index (χ0n) is 11.8. The lowest BCUT2D eigenvalue weighted by atomic mass is 10.1. The fraction of sp³-hybridized carbons (Fsp3) is 0.625. The van der Waals surface area contributed by atoms with Gasteiger partial charge in [-0.15, -0.1) is 0 Å². The molecule has 0 radical (unpaired) electrons. The molecule has 1 fully saturated rings. The van der Waals surface area contributed by atoms with Crippen molar-refractivity contribution < 1.29 is 0 Å². The summed E-state index contributed by atoms with van der Waals surface area (Å²) in [6.07, 6.45) is 2.46. The molecule has 2 rings (SSSR count). The Morgan fingerprint density at radius 3 is 3.11 bits per heavy atom. The summed E-state index contributed by atoms with van der Waals surface area (Å²) >= 11 is 0. The van der Waals surface area contributed by atoms with E-state index in [1.54, 1.807) is 0 Å². The molecule has 2 heteroatoms. The van der Waals surface area contributed by atoms with Gasteiger partial charge in [0.25, 0.3) is 0 Å². The number of rotatable bonds is 3. The van der Waals surface area contributed by atoms with Gasteiger partial charge in [0.15, 0.2) is 0 Å². The molecule has 100 valence electrons. The van der Waals surface area contributed by atoms with E-state index in [1.165, 1.54) is 56.7 Å². The molecule has 1 heterocycles. The Kier molecular flexibility index (Phi) is 5.21. The van der Waals surface area contributed by atoms with E-state index in [2.05, 4.69) is 48.3 Å². The van der Waals surface area contributed by atoms with Crippen molar-refractivity contribution in [3.63, 3.8) is 0 Å². The monoisotopic (exact) mass is 246 g/mol. The molecule has 0 aliphatic carbocycles. The predicted octanol–water partition coefficient (Wildman–Crippen LogP) is 2.47. The summed E-state index contributed by atoms with van der Waals surface area (Å²) < 4.78 is 0. The van der Waals surface area contributed by atoms with Crippen LogP contribution in [-0.2, 0) is 6.42 Å². The summed E-state index contributed by atoms with van der Waals surface area (Å²) in [7, 11) is 0. The number of aryl methyl sites for hydroxylation is 1. The van der Waals surface area contributed by atoms with Crippen LogP contribution in [0.15, 0.2) is 24.3 Å². The number of nitrogens with zero attached hydrogens (tertiary/aromatic N) is 1. The van der Waals surface area contributed by atoms with Crippen molar-refractivity contribution in [2.75, 3.05) is 32.7 Å². The maximum Gasteiger partial charge on any atom is 0.00220 e. The minimum Gasteiger partial charge on any atom is -0.316 e. The van der Waals surface area contributed by atoms with E-state index in [0.717, 1.165) is 5.92 Å². The second-order valence-corrected chi connectivity index (χ2v) is 5.70. The Morgan fingerprint density at radius 2 is 2.28 bits per heavy atom. The van der Waals surface area contributed by atoms with Crippen LogP contribution in [0, 0.1) is 12.8 Å². The first kappa shape index (κ1) is 13.6. The summed E-state index contributed by atoms with van der Waals surface area (Å²) in [6.45, 7) is 10.5. The van der Waals surface area contributed by atoms with Crippen molar-refractivity contribution in [3.05, 3.63) is 35.4 Å². The molecular formula is C16H26N2. The third-order valence-corrected chi connectivity index (χ3v) is 3.69. The summed E-state index contributed by atoms with van der Waals surface area (Å²) in [4.78, 5) is 2.63. The van der Waals surface area contributed by atoms with Crippen LogP contribution >= 0.6 is 0 Å². The third kappa shape index (κ3) is 4.43. The highest BCUT2D eigenvalue weighted by Crippen LogP contribution is 2.08. The van der Waals surface area contributed by atoms with E-state index >= 15 is 0 Å². The van der Waals surface area contributed by atoms with E-state index in [9.17, 15) is 0 Å². The summed E-state index contributed by atoms with van der Waals surface area (Å²) in [5, 5.41) is 3.51. The van der Waals surface area contributed by atoms with Crippen molar-refractivity contribution in [1.29, 1.82) is 0 Å². The highest BCUT2D eigenvalue weighted by Gasteiger charge is 2.12. The lowest BCUT2D eigenvalue weighted by Crippen LogP contribution is -2.39. The van der Waals surface area contributed by atoms with Crippen LogP contribution in [0.3, 0.4) is 0 Å². The van der Waals surface area contributed by atoms with Crippen LogP contribution in [0.1, 0.15) is 24.5 Å². The minimum atomic E-state index is 0.766. The van der Waals surface area contributed by atoms with E-state index in [-0.39, 0.29) is 0 Å². The fourth-order valence-electron chi connectivity index (χ4n) is 2.73. The lowest BCUT2D eigenvalue weighted by molar-refractivity contribution is 0.218. The first-order valence-electron chi connectivity index (χ1n) is 7.22. The van der Waals surface area contributed by atoms with E-state index in [1.807, 2.05) is 0 Å². The molecule has 1 saturated heterocycles. The first-order chi connectivity index (χ1) is 8.74. The summed E-state index contributed by atoms with van der Waals surface area (Å²) in [5.41, 5.74) is 2.85. The summed E-state index contributed by atoms with van der Waals surface area (Å²) in [6, 6.07) is 8.91. The number of hydrogen-bond donors (Lipinski definition) is 1. The molecule has 2 nitrogen and oxygen atoms in total. The zero-order valence-corrected chi connectivity index (χ0v) is 11.8. The molecule has 0 aromatic heterocycles. The van der Waals surface area contributed by atoms with Crippen molar-refractivity contribution in [2.24, 2.45) is 5.92 Å². The third-order valence-electron chi connectivity index (χ3n) is 3.69. The number of nitrogens with one attached hydrogen (secondary N) is 1. The molecule has 1 aromatic carbocycles. The second kappa shape index (κ2) is 6.91. The van der Waals surface area contributed by atoms with E-state index < -0.39 is 0 Å². The molecule has 0 saturated carbocycles. The average Bonchev–Trinajstić information content (AvgIpc) is 2.32. The smallest absolute Gasteiger partial charge is 0.00220 e. The van der Waals surface area contributed by atoms with Crippen molar-refractivity contribution in [3.8, 4) is 0 Å². The van der Waals surface area contributed by atoms with Gasteiger partial charge in [0.05, 0.1) is 0 Å². The predicted molar refractivity (Wildman–Crippen MR) is 78.0 cm³/mol. The van der Waals surface area contributed by atoms with Gasteiger partial charge >= 0.3 is 0 Å². The molecule has 1 N–H and O–H groups in total. The van der Waals surface area contributed by atoms with E-state index in [0.29, 0.717) is 0 Å². The molecule has 0 amide bonds. The molecule has 1 aliphatic rings. The lowest BCUT2D eigenvalue weighted by Gasteiger charge is -2.28. The number of benzene rings is 1. The average molecular weight is 246 g/mol. The van der Waals surface area contributed by atoms with Crippen LogP contribution < -0.4 is 5.32 Å². The van der Waals surface area contributed by atoms with E-state index in [4.69, 9.17) is 0 Å². The molecular weight excluding hydrogens is 220 g/mol. The Bertz CT molecular complexity index is 362. The zero-order chi connectivity index (χ0) is 12.8. The SMILES string of the molecule is Cc1cccc(CCN2CCCNCC(C)C2)c1. The normalized spacial score (nSPS) is 22.4. The Morgan fingerprint density at radius 1 is 1.39 bits per heavy atom. The Balaban J connectivity index is 1.84. The Hall–Kier alpha value is -0.860. The quantitative estimate of drug-likeness (QED) is 0.881. The van der Waals surface area contributed by atoms with Crippen molar-refractivity contribution >= 4 is 0 Å². The van der Waals surface area contributed by atoms with Crippen molar-refractivity contribution in [1.82, 2.24) is 10.2 Å². The molecule has 1 unspecified atom stereocenters. The minimum absolute atomic E-state index is 0.766. The van der Waals surface area contributed by atoms with Crippen molar-refractivity contribution in [2.45, 2.75) is 26.7 Å². The standard InChI is InChI=1S/C16H26N2/c1-14-5-3-6-16(11-14)7-10-18-9-4-8-17-12-15(2)13-18/h3,5-6,11,15,17H,4,7-10,12-13H2,1-2H3. The highest BCUT2D eigenvalue weighted by molar-refractivity contribution is 5.22. The fourth-order valence-corrected chi connectivity index (χ4v) is 2.73. The van der Waals surface area contributed by atoms with Gasteiger partial charge in [0, 0.05) is 13.1 Å². The van der Waals surface area contributed by atoms with Gasteiger partial charge in [-0.3, -0.25) is 0 Å². The van der Waals surface area contributed by atoms with Crippen LogP contribution in [0.4, 0.5) is 0 Å². The second-order valence-electron chi connectivity index (χ2n) is 5.70. The Labute approximate surface area is 111 Å². The van der Waals surface area contributed by atoms with Gasteiger partial charge < -0.3 is 10.2 Å². The molecule has 0 spiro atoms. The van der Waals surface area contributed by atoms with Gasteiger partial charge in [0.2, 0.25) is 0 Å². The highest BCUT2D eigenvalue weighted by atomic mass is 15.1. The summed E-state index contributed by atoms with van der Waals surface area (Å²) in [5.74, 6) is 0.766. The van der Waals surface area contributed by atoms with Gasteiger partial charge in [-0.25, -0.2) is 0 Å². The van der Waals surface area contributed by atoms with Gasteiger partial charge in [-0.1, -0.05) is 36.8 Å². The van der Waals surface area contributed by atoms with Crippen LogP contribution in [-0.4, -0.2) is 37.6 Å². The van der Waals surface area contributed by atoms with Crippen LogP contribution in [0.2, 0.25) is 0 Å². The number of hydrogen-bond acceptors (Lipinski definition) is 2. The molecule has 1 aromatic rings. The van der Waals surface area contributed by atoms with Crippen LogP contribution in [0.25, 0.3) is 0 Å².